The van der Waals surface area contributed by atoms with E-state index in [4.69, 9.17) is 34.2 Å². The van der Waals surface area contributed by atoms with Crippen LogP contribution < -0.4 is 37.6 Å². The van der Waals surface area contributed by atoms with Crippen LogP contribution in [-0.2, 0) is 69.5 Å². The Kier molecular flexibility index (Phi) is 35.7. The van der Waals surface area contributed by atoms with Gasteiger partial charge in [-0.25, -0.2) is 4.79 Å². The number of hydrogen-bond acceptors (Lipinski definition) is 16. The Balaban J connectivity index is 2.01. The lowest BCUT2D eigenvalue weighted by molar-refractivity contribution is -0.133. The number of carbonyl (C=O) groups excluding carboxylic acids is 7. The van der Waals surface area contributed by atoms with Crippen molar-refractivity contribution in [3.05, 3.63) is 11.9 Å². The number of aryl methyl sites for hydroxylation is 1. The fourth-order valence-corrected chi connectivity index (χ4v) is 6.61. The van der Waals surface area contributed by atoms with Crippen molar-refractivity contribution >= 4 is 53.1 Å². The number of thioether (sulfide) groups is 1. The van der Waals surface area contributed by atoms with Gasteiger partial charge in [-0.15, -0.1) is 5.10 Å². The predicted octanol–water partition coefficient (Wildman–Crippen LogP) is 0.227. The third-order valence-corrected chi connectivity index (χ3v) is 10.3. The van der Waals surface area contributed by atoms with E-state index in [-0.39, 0.29) is 87.1 Å². The maximum atomic E-state index is 13.1. The molecule has 0 aliphatic rings. The van der Waals surface area contributed by atoms with Gasteiger partial charge in [0.05, 0.1) is 91.0 Å². The first-order valence-electron chi connectivity index (χ1n) is 23.5. The number of ketones is 1. The quantitative estimate of drug-likeness (QED) is 0.0431. The van der Waals surface area contributed by atoms with Crippen molar-refractivity contribution < 1.29 is 62.0 Å². The summed E-state index contributed by atoms with van der Waals surface area (Å²) < 4.78 is 34.7. The normalized spacial score (nSPS) is 12.6. The summed E-state index contributed by atoms with van der Waals surface area (Å²) in [5, 5.41) is 24.5. The number of amides is 7. The molecule has 7 amide bonds. The van der Waals surface area contributed by atoms with Crippen LogP contribution in [0.4, 0.5) is 4.79 Å². The molecular weight excluding hydrogens is 909 g/mol. The van der Waals surface area contributed by atoms with Gasteiger partial charge >= 0.3 is 6.03 Å². The molecule has 0 radical (unpaired) electrons. The van der Waals surface area contributed by atoms with Crippen LogP contribution in [0, 0.1) is 11.8 Å². The van der Waals surface area contributed by atoms with Gasteiger partial charge in [-0.3, -0.25) is 33.4 Å². The number of primary amides is 1. The third kappa shape index (κ3) is 32.3. The molecule has 8 N–H and O–H groups in total. The minimum Gasteiger partial charge on any atom is -0.379 e. The van der Waals surface area contributed by atoms with Crippen molar-refractivity contribution in [2.24, 2.45) is 17.6 Å². The Hall–Kier alpha value is -4.46. The highest BCUT2D eigenvalue weighted by Gasteiger charge is 2.29. The van der Waals surface area contributed by atoms with Gasteiger partial charge in [0.25, 0.3) is 0 Å². The van der Waals surface area contributed by atoms with Crippen LogP contribution in [0.25, 0.3) is 0 Å². The smallest absolute Gasteiger partial charge is 0.312 e. The summed E-state index contributed by atoms with van der Waals surface area (Å²) in [6, 6.07) is -2.91. The molecule has 0 saturated carbocycles. The number of aromatic nitrogens is 3. The van der Waals surface area contributed by atoms with E-state index in [1.807, 2.05) is 12.5 Å². The lowest BCUT2D eigenvalue weighted by Crippen LogP contribution is -2.54. The third-order valence-electron chi connectivity index (χ3n) is 9.71. The number of unbranched alkanes of at least 4 members (excludes halogenated alkanes) is 1. The number of ether oxygens (including phenoxy) is 6. The minimum absolute atomic E-state index is 0.0288. The van der Waals surface area contributed by atoms with Gasteiger partial charge in [-0.05, 0) is 44.3 Å². The van der Waals surface area contributed by atoms with Crippen molar-refractivity contribution in [1.82, 2.24) is 46.9 Å². The summed E-state index contributed by atoms with van der Waals surface area (Å²) in [6.07, 6.45) is 6.93. The Morgan fingerprint density at radius 3 is 1.72 bits per heavy atom. The van der Waals surface area contributed by atoms with Gasteiger partial charge in [0.15, 0.2) is 5.78 Å². The predicted molar refractivity (Wildman–Crippen MR) is 254 cm³/mol. The van der Waals surface area contributed by atoms with Crippen molar-refractivity contribution in [3.63, 3.8) is 0 Å². The number of nitrogens with one attached hydrogen (secondary N) is 6. The highest BCUT2D eigenvalue weighted by atomic mass is 32.2. The fourth-order valence-electron chi connectivity index (χ4n) is 6.18. The molecule has 1 aromatic heterocycles. The molecule has 23 nitrogen and oxygen atoms in total. The summed E-state index contributed by atoms with van der Waals surface area (Å²) in [7, 11) is 0. The van der Waals surface area contributed by atoms with Crippen LogP contribution in [0.3, 0.4) is 0 Å². The molecule has 3 unspecified atom stereocenters. The van der Waals surface area contributed by atoms with Crippen LogP contribution in [0.15, 0.2) is 6.20 Å². The number of nitrogens with zero attached hydrogens (tertiary/aromatic N) is 3. The van der Waals surface area contributed by atoms with E-state index in [2.05, 4.69) is 42.2 Å². The number of rotatable bonds is 43. The molecule has 1 aromatic rings. The van der Waals surface area contributed by atoms with E-state index in [1.54, 1.807) is 44.1 Å². The van der Waals surface area contributed by atoms with Gasteiger partial charge in [0.1, 0.15) is 12.1 Å². The molecule has 0 aliphatic carbocycles. The molecule has 390 valence electrons. The summed E-state index contributed by atoms with van der Waals surface area (Å²) >= 11 is 1.68. The lowest BCUT2D eigenvalue weighted by Gasteiger charge is -2.26. The zero-order valence-electron chi connectivity index (χ0n) is 41.1. The van der Waals surface area contributed by atoms with E-state index in [0.29, 0.717) is 91.8 Å². The van der Waals surface area contributed by atoms with Crippen LogP contribution >= 0.6 is 11.8 Å². The summed E-state index contributed by atoms with van der Waals surface area (Å²) in [5.74, 6) is -1.42. The zero-order valence-corrected chi connectivity index (χ0v) is 41.9. The minimum atomic E-state index is -0.852. The van der Waals surface area contributed by atoms with Crippen molar-refractivity contribution in [2.45, 2.75) is 110 Å². The summed E-state index contributed by atoms with van der Waals surface area (Å²) in [6.45, 7) is 13.5. The maximum absolute atomic E-state index is 13.1. The van der Waals surface area contributed by atoms with Gasteiger partial charge in [-0.1, -0.05) is 32.9 Å². The summed E-state index contributed by atoms with van der Waals surface area (Å²) in [4.78, 5) is 85.8. The average molecular weight is 989 g/mol. The van der Waals surface area contributed by atoms with E-state index >= 15 is 0 Å². The molecule has 0 spiro atoms. The van der Waals surface area contributed by atoms with Crippen molar-refractivity contribution in [3.8, 4) is 0 Å². The van der Waals surface area contributed by atoms with Gasteiger partial charge in [0, 0.05) is 63.8 Å². The molecule has 0 aromatic carbocycles. The summed E-state index contributed by atoms with van der Waals surface area (Å²) in [5.41, 5.74) is 6.02. The van der Waals surface area contributed by atoms with Crippen LogP contribution in [0.5, 0.6) is 0 Å². The zero-order chi connectivity index (χ0) is 50.4. The Morgan fingerprint density at radius 1 is 0.632 bits per heavy atom. The average Bonchev–Trinajstić information content (AvgIpc) is 3.74. The standard InChI is InChI=1S/C44H80N10O13S/c1-32(2)40(43(60)50-36(41(58)33(3)4)11-9-14-48-44(45)61)51-39(57)13-19-63-23-27-67-28-24-64-20-15-46-38(56)12-18-62-22-26-66-29-25-65-21-16-47-42(59)37(49-34(5)55)10-7-8-17-54-30-35(31-68-6)52-53-54/h30,32-33,36-37,40H,7-29,31H2,1-6H3,(H,46,56)(H,47,59)(H,49,55)(H,50,60)(H,51,57)(H3,45,48,61). The fraction of sp³-hybridized carbons (Fsp3) is 0.795. The Bertz CT molecular complexity index is 1590. The highest BCUT2D eigenvalue weighted by Crippen LogP contribution is 2.10. The second kappa shape index (κ2) is 39.4. The van der Waals surface area contributed by atoms with Crippen LogP contribution in [0.2, 0.25) is 0 Å². The number of hydrogen-bond donors (Lipinski definition) is 7. The number of carbonyl (C=O) groups is 7. The molecule has 0 saturated heterocycles. The molecule has 0 fully saturated rings. The second-order valence-corrected chi connectivity index (χ2v) is 17.2. The highest BCUT2D eigenvalue weighted by molar-refractivity contribution is 7.97. The second-order valence-electron chi connectivity index (χ2n) is 16.3. The van der Waals surface area contributed by atoms with E-state index in [0.717, 1.165) is 24.3 Å². The number of urea groups is 1. The molecule has 24 heteroatoms. The molecule has 0 bridgehead atoms. The number of nitrogens with two attached hydrogens (primary N) is 1. The molecule has 3 atom stereocenters. The van der Waals surface area contributed by atoms with Crippen molar-refractivity contribution in [2.75, 3.05) is 105 Å². The van der Waals surface area contributed by atoms with Crippen LogP contribution in [0.1, 0.15) is 85.3 Å². The largest absolute Gasteiger partial charge is 0.379 e. The van der Waals surface area contributed by atoms with Gasteiger partial charge < -0.3 is 66.1 Å². The van der Waals surface area contributed by atoms with Crippen LogP contribution in [-0.4, -0.2) is 180 Å². The maximum Gasteiger partial charge on any atom is 0.312 e. The monoisotopic (exact) mass is 989 g/mol. The van der Waals surface area contributed by atoms with E-state index in [1.165, 1.54) is 6.92 Å². The topological polar surface area (TPSA) is 304 Å². The Labute approximate surface area is 405 Å². The molecular formula is C44H80N10O13S. The SMILES string of the molecule is CSCc1cn(CCCCC(NC(C)=O)C(=O)NCCOCCOCCOCCC(=O)NCCOCCOCCOCCC(=O)NC(C(=O)NC(CCCNC(N)=O)C(=O)C(C)C)C(C)C)nn1. The van der Waals surface area contributed by atoms with Gasteiger partial charge in [0.2, 0.25) is 29.5 Å². The molecule has 1 rings (SSSR count). The first kappa shape index (κ1) is 61.6. The first-order chi connectivity index (χ1) is 32.6. The lowest BCUT2D eigenvalue weighted by atomic mass is 9.96. The number of Topliss-reactive ketones (excluding diaryl/α,β-unsaturated/α-hetero) is 1. The van der Waals surface area contributed by atoms with E-state index in [9.17, 15) is 33.6 Å². The molecule has 68 heavy (non-hydrogen) atoms. The van der Waals surface area contributed by atoms with Gasteiger partial charge in [-0.2, -0.15) is 11.8 Å². The molecule has 0 aliphatic heterocycles. The first-order valence-corrected chi connectivity index (χ1v) is 24.9. The molecule has 1 heterocycles. The van der Waals surface area contributed by atoms with Crippen molar-refractivity contribution in [1.29, 1.82) is 0 Å². The van der Waals surface area contributed by atoms with E-state index < -0.39 is 30.1 Å². The Morgan fingerprint density at radius 2 is 1.18 bits per heavy atom.